The fraction of sp³-hybridized carbons (Fsp3) is 0.429. The molecule has 0 aliphatic heterocycles. The maximum Gasteiger partial charge on any atom is 0.219 e. The Labute approximate surface area is 167 Å². The summed E-state index contributed by atoms with van der Waals surface area (Å²) in [4.78, 5) is 8.60. The topological polar surface area (TPSA) is 77.0 Å². The molecule has 2 N–H and O–H groups in total. The minimum atomic E-state index is -0.268. The summed E-state index contributed by atoms with van der Waals surface area (Å²) in [6, 6.07) is 11.4. The quantitative estimate of drug-likeness (QED) is 0.508. The molecule has 0 saturated heterocycles. The van der Waals surface area contributed by atoms with Gasteiger partial charge in [0.2, 0.25) is 5.88 Å². The van der Waals surface area contributed by atoms with Gasteiger partial charge in [-0.25, -0.2) is 4.98 Å². The van der Waals surface area contributed by atoms with Crippen molar-refractivity contribution < 1.29 is 14.2 Å². The van der Waals surface area contributed by atoms with Gasteiger partial charge >= 0.3 is 0 Å². The van der Waals surface area contributed by atoms with Crippen LogP contribution in [0.15, 0.2) is 47.6 Å². The second-order valence-corrected chi connectivity index (χ2v) is 6.73. The van der Waals surface area contributed by atoms with Crippen molar-refractivity contribution >= 4 is 5.96 Å². The number of ether oxygens (including phenoxy) is 3. The molecule has 1 aromatic carbocycles. The number of aromatic nitrogens is 1. The van der Waals surface area contributed by atoms with Crippen molar-refractivity contribution in [3.8, 4) is 17.4 Å². The van der Waals surface area contributed by atoms with Crippen molar-refractivity contribution in [2.24, 2.45) is 4.99 Å². The predicted molar refractivity (Wildman–Crippen MR) is 111 cm³/mol. The lowest BCUT2D eigenvalue weighted by Crippen LogP contribution is -2.45. The van der Waals surface area contributed by atoms with Crippen molar-refractivity contribution in [1.82, 2.24) is 15.6 Å². The molecule has 0 atom stereocenters. The summed E-state index contributed by atoms with van der Waals surface area (Å²) in [6.07, 6.45) is 1.78. The van der Waals surface area contributed by atoms with E-state index in [1.807, 2.05) is 57.2 Å². The largest absolute Gasteiger partial charge is 0.490 e. The van der Waals surface area contributed by atoms with Crippen LogP contribution in [0.1, 0.15) is 26.3 Å². The van der Waals surface area contributed by atoms with Crippen molar-refractivity contribution in [1.29, 1.82) is 0 Å². The number of hydrogen-bond donors (Lipinski definition) is 2. The molecule has 0 bridgehead atoms. The molecule has 1 heterocycles. The summed E-state index contributed by atoms with van der Waals surface area (Å²) >= 11 is 0. The first-order valence-corrected chi connectivity index (χ1v) is 9.31. The summed E-state index contributed by atoms with van der Waals surface area (Å²) in [6.45, 7) is 7.79. The summed E-state index contributed by atoms with van der Waals surface area (Å²) in [5.41, 5.74) is 0.745. The first-order valence-electron chi connectivity index (χ1n) is 9.31. The van der Waals surface area contributed by atoms with Crippen LogP contribution in [0.25, 0.3) is 0 Å². The van der Waals surface area contributed by atoms with E-state index in [1.165, 1.54) is 0 Å². The molecule has 7 heteroatoms. The summed E-state index contributed by atoms with van der Waals surface area (Å²) in [5.74, 6) is 2.57. The molecule has 1 aromatic heterocycles. The molecule has 0 amide bonds. The van der Waals surface area contributed by atoms with Crippen molar-refractivity contribution in [3.05, 3.63) is 48.2 Å². The molecule has 0 radical (unpaired) electrons. The first-order chi connectivity index (χ1) is 13.5. The average Bonchev–Trinajstić information content (AvgIpc) is 2.71. The molecule has 0 saturated carbocycles. The summed E-state index contributed by atoms with van der Waals surface area (Å²) < 4.78 is 16.8. The SMILES string of the molecule is CCOc1ccccc1Oc1ccc(CNC(=NC)NCC(C)(C)OC)cn1. The Morgan fingerprint density at radius 2 is 1.86 bits per heavy atom. The third kappa shape index (κ3) is 6.74. The van der Waals surface area contributed by atoms with Crippen LogP contribution in [0.5, 0.6) is 17.4 Å². The highest BCUT2D eigenvalue weighted by Gasteiger charge is 2.16. The fourth-order valence-corrected chi connectivity index (χ4v) is 2.27. The average molecular weight is 386 g/mol. The minimum absolute atomic E-state index is 0.268. The van der Waals surface area contributed by atoms with Gasteiger partial charge in [-0.1, -0.05) is 18.2 Å². The van der Waals surface area contributed by atoms with Crippen LogP contribution in [0, 0.1) is 0 Å². The molecule has 0 fully saturated rings. The van der Waals surface area contributed by atoms with Crippen LogP contribution in [0.4, 0.5) is 0 Å². The second kappa shape index (κ2) is 10.5. The van der Waals surface area contributed by atoms with Gasteiger partial charge in [0.25, 0.3) is 0 Å². The standard InChI is InChI=1S/C21H30N4O3/c1-6-27-17-9-7-8-10-18(17)28-19-12-11-16(13-23-19)14-24-20(22-4)25-15-21(2,3)26-5/h7-13H,6,14-15H2,1-5H3,(H2,22,24,25). The predicted octanol–water partition coefficient (Wildman–Crippen LogP) is 3.36. The zero-order chi connectivity index (χ0) is 20.4. The molecule has 152 valence electrons. The molecular formula is C21H30N4O3. The Balaban J connectivity index is 1.90. The van der Waals surface area contributed by atoms with Crippen LogP contribution in [0.2, 0.25) is 0 Å². The Morgan fingerprint density at radius 1 is 1.11 bits per heavy atom. The van der Waals surface area contributed by atoms with Gasteiger partial charge in [0.1, 0.15) is 0 Å². The monoisotopic (exact) mass is 386 g/mol. The van der Waals surface area contributed by atoms with Gasteiger partial charge in [0, 0.05) is 39.5 Å². The van der Waals surface area contributed by atoms with Crippen LogP contribution in [0.3, 0.4) is 0 Å². The van der Waals surface area contributed by atoms with E-state index in [-0.39, 0.29) is 5.60 Å². The fourth-order valence-electron chi connectivity index (χ4n) is 2.27. The number of hydrogen-bond acceptors (Lipinski definition) is 5. The minimum Gasteiger partial charge on any atom is -0.490 e. The lowest BCUT2D eigenvalue weighted by molar-refractivity contribution is 0.0268. The maximum atomic E-state index is 5.85. The van der Waals surface area contributed by atoms with Gasteiger partial charge in [-0.2, -0.15) is 0 Å². The van der Waals surface area contributed by atoms with Gasteiger partial charge in [-0.3, -0.25) is 4.99 Å². The number of aliphatic imine (C=N–C) groups is 1. The number of pyridine rings is 1. The third-order valence-electron chi connectivity index (χ3n) is 4.08. The number of nitrogens with one attached hydrogen (secondary N) is 2. The second-order valence-electron chi connectivity index (χ2n) is 6.73. The Kier molecular flexibility index (Phi) is 8.07. The Morgan fingerprint density at radius 3 is 2.46 bits per heavy atom. The van der Waals surface area contributed by atoms with Crippen molar-refractivity contribution in [2.75, 3.05) is 27.3 Å². The summed E-state index contributed by atoms with van der Waals surface area (Å²) in [5, 5.41) is 6.51. The van der Waals surface area contributed by atoms with E-state index in [2.05, 4.69) is 20.6 Å². The molecule has 0 spiro atoms. The van der Waals surface area contributed by atoms with E-state index in [4.69, 9.17) is 14.2 Å². The highest BCUT2D eigenvalue weighted by Crippen LogP contribution is 2.30. The molecule has 28 heavy (non-hydrogen) atoms. The number of benzene rings is 1. The lowest BCUT2D eigenvalue weighted by atomic mass is 10.1. The highest BCUT2D eigenvalue weighted by molar-refractivity contribution is 5.79. The Bertz CT molecular complexity index is 761. The number of methoxy groups -OCH3 is 1. The van der Waals surface area contributed by atoms with E-state index < -0.39 is 0 Å². The number of nitrogens with zero attached hydrogens (tertiary/aromatic N) is 2. The number of para-hydroxylation sites is 2. The molecular weight excluding hydrogens is 356 g/mol. The van der Waals surface area contributed by atoms with Crippen LogP contribution in [-0.4, -0.2) is 43.9 Å². The van der Waals surface area contributed by atoms with Gasteiger partial charge in [-0.15, -0.1) is 0 Å². The smallest absolute Gasteiger partial charge is 0.219 e. The summed E-state index contributed by atoms with van der Waals surface area (Å²) in [7, 11) is 3.43. The maximum absolute atomic E-state index is 5.85. The normalized spacial score (nSPS) is 11.8. The van der Waals surface area contributed by atoms with Crippen LogP contribution < -0.4 is 20.1 Å². The molecule has 0 unspecified atom stereocenters. The van der Waals surface area contributed by atoms with E-state index in [1.54, 1.807) is 20.4 Å². The molecule has 0 aliphatic rings. The molecule has 7 nitrogen and oxygen atoms in total. The lowest BCUT2D eigenvalue weighted by Gasteiger charge is -2.24. The number of guanidine groups is 1. The third-order valence-corrected chi connectivity index (χ3v) is 4.08. The van der Waals surface area contributed by atoms with Gasteiger partial charge in [0.05, 0.1) is 12.2 Å². The van der Waals surface area contributed by atoms with Gasteiger partial charge in [-0.05, 0) is 38.5 Å². The van der Waals surface area contributed by atoms with Crippen LogP contribution >= 0.6 is 0 Å². The zero-order valence-corrected chi connectivity index (χ0v) is 17.3. The van der Waals surface area contributed by atoms with E-state index >= 15 is 0 Å². The highest BCUT2D eigenvalue weighted by atomic mass is 16.5. The van der Waals surface area contributed by atoms with Crippen molar-refractivity contribution in [2.45, 2.75) is 32.9 Å². The van der Waals surface area contributed by atoms with E-state index in [0.717, 1.165) is 5.56 Å². The van der Waals surface area contributed by atoms with E-state index in [9.17, 15) is 0 Å². The Hall–Kier alpha value is -2.80. The zero-order valence-electron chi connectivity index (χ0n) is 17.3. The molecule has 0 aliphatic carbocycles. The molecule has 2 aromatic rings. The van der Waals surface area contributed by atoms with Crippen molar-refractivity contribution in [3.63, 3.8) is 0 Å². The first kappa shape index (κ1) is 21.5. The van der Waals surface area contributed by atoms with Crippen LogP contribution in [-0.2, 0) is 11.3 Å². The van der Waals surface area contributed by atoms with Gasteiger partial charge in [0.15, 0.2) is 17.5 Å². The number of rotatable bonds is 9. The van der Waals surface area contributed by atoms with Gasteiger partial charge < -0.3 is 24.8 Å². The van der Waals surface area contributed by atoms with E-state index in [0.29, 0.717) is 43.0 Å². The molecule has 2 rings (SSSR count).